The molecule has 9 heteroatoms. The highest BCUT2D eigenvalue weighted by Gasteiger charge is 2.22. The Labute approximate surface area is 131 Å². The summed E-state index contributed by atoms with van der Waals surface area (Å²) in [5, 5.41) is 2.25. The lowest BCUT2D eigenvalue weighted by atomic mass is 10.3. The molecule has 2 aromatic rings. The second-order valence-electron chi connectivity index (χ2n) is 4.10. The molecule has 0 aliphatic rings. The van der Waals surface area contributed by atoms with Crippen LogP contribution in [0.1, 0.15) is 5.76 Å². The minimum absolute atomic E-state index is 0.105. The van der Waals surface area contributed by atoms with E-state index in [2.05, 4.69) is 10.0 Å². The zero-order chi connectivity index (χ0) is 15.6. The van der Waals surface area contributed by atoms with Gasteiger partial charge in [0, 0.05) is 0 Å². The Balaban J connectivity index is 2.33. The van der Waals surface area contributed by atoms with E-state index in [1.54, 1.807) is 7.05 Å². The summed E-state index contributed by atoms with van der Waals surface area (Å²) in [7, 11) is -2.30. The molecule has 1 aromatic heterocycles. The van der Waals surface area contributed by atoms with Crippen LogP contribution < -0.4 is 10.0 Å². The van der Waals surface area contributed by atoms with Crippen molar-refractivity contribution < 1.29 is 17.2 Å². The molecule has 0 saturated heterocycles. The second kappa shape index (κ2) is 6.23. The van der Waals surface area contributed by atoms with Crippen LogP contribution in [-0.2, 0) is 16.6 Å². The Bertz CT molecular complexity index is 739. The topological polar surface area (TPSA) is 71.3 Å². The maximum Gasteiger partial charge on any atom is 0.295 e. The van der Waals surface area contributed by atoms with E-state index < -0.39 is 15.8 Å². The van der Waals surface area contributed by atoms with Gasteiger partial charge in [0.25, 0.3) is 10.0 Å². The van der Waals surface area contributed by atoms with E-state index in [0.29, 0.717) is 12.3 Å². The maximum atomic E-state index is 13.1. The van der Waals surface area contributed by atoms with Crippen LogP contribution in [0.5, 0.6) is 0 Å². The zero-order valence-corrected chi connectivity index (χ0v) is 13.1. The smallest absolute Gasteiger partial charge is 0.295 e. The van der Waals surface area contributed by atoms with Crippen molar-refractivity contribution in [1.29, 1.82) is 0 Å². The molecule has 0 aliphatic heterocycles. The fourth-order valence-corrected chi connectivity index (χ4v) is 3.32. The van der Waals surface area contributed by atoms with Crippen LogP contribution in [0.4, 0.5) is 10.1 Å². The molecule has 0 saturated carbocycles. The lowest BCUT2D eigenvalue weighted by Crippen LogP contribution is -2.13. The summed E-state index contributed by atoms with van der Waals surface area (Å²) in [5.74, 6) is -0.212. The number of halogens is 3. The summed E-state index contributed by atoms with van der Waals surface area (Å²) < 4.78 is 44.8. The van der Waals surface area contributed by atoms with Crippen molar-refractivity contribution in [2.45, 2.75) is 11.6 Å². The Morgan fingerprint density at radius 1 is 1.24 bits per heavy atom. The summed E-state index contributed by atoms with van der Waals surface area (Å²) in [5.41, 5.74) is -0.105. The van der Waals surface area contributed by atoms with Gasteiger partial charge in [0.05, 0.1) is 22.3 Å². The average molecular weight is 353 g/mol. The lowest BCUT2D eigenvalue weighted by molar-refractivity contribution is 0.408. The highest BCUT2D eigenvalue weighted by Crippen LogP contribution is 2.33. The number of furan rings is 1. The fourth-order valence-electron chi connectivity index (χ4n) is 1.60. The Morgan fingerprint density at radius 3 is 2.43 bits per heavy atom. The Kier molecular flexibility index (Phi) is 4.77. The first-order valence-electron chi connectivity index (χ1n) is 5.74. The number of nitrogens with one attached hydrogen (secondary N) is 2. The summed E-state index contributed by atoms with van der Waals surface area (Å²) in [6, 6.07) is 4.75. The van der Waals surface area contributed by atoms with E-state index in [-0.39, 0.29) is 20.8 Å². The second-order valence-corrected chi connectivity index (χ2v) is 6.53. The number of hydrogen-bond acceptors (Lipinski definition) is 4. The number of hydrogen-bond donors (Lipinski definition) is 2. The Hall–Kier alpha value is -1.28. The van der Waals surface area contributed by atoms with E-state index in [0.717, 1.165) is 12.1 Å². The summed E-state index contributed by atoms with van der Waals surface area (Å²) in [6.45, 7) is 0.383. The van der Waals surface area contributed by atoms with E-state index in [1.165, 1.54) is 12.1 Å². The zero-order valence-electron chi connectivity index (χ0n) is 10.8. The van der Waals surface area contributed by atoms with Gasteiger partial charge in [-0.25, -0.2) is 4.39 Å². The molecule has 1 aromatic carbocycles. The van der Waals surface area contributed by atoms with E-state index in [4.69, 9.17) is 27.6 Å². The van der Waals surface area contributed by atoms with Crippen molar-refractivity contribution in [3.05, 3.63) is 45.9 Å². The number of sulfonamides is 1. The maximum absolute atomic E-state index is 13.1. The summed E-state index contributed by atoms with van der Waals surface area (Å²) in [4.78, 5) is 0. The van der Waals surface area contributed by atoms with E-state index in [1.807, 2.05) is 0 Å². The van der Waals surface area contributed by atoms with Gasteiger partial charge < -0.3 is 9.73 Å². The van der Waals surface area contributed by atoms with Crippen molar-refractivity contribution in [3.63, 3.8) is 0 Å². The SMILES string of the molecule is CNCc1ccc(S(=O)(=O)Nc2c(Cl)cc(F)cc2Cl)o1. The molecular weight excluding hydrogens is 342 g/mol. The minimum Gasteiger partial charge on any atom is -0.446 e. The van der Waals surface area contributed by atoms with Crippen LogP contribution in [-0.4, -0.2) is 15.5 Å². The minimum atomic E-state index is -4.00. The standard InChI is InChI=1S/C12H11Cl2FN2O3S/c1-16-6-8-2-3-11(20-8)21(18,19)17-12-9(13)4-7(15)5-10(12)14/h2-5,16-17H,6H2,1H3. The van der Waals surface area contributed by atoms with Crippen molar-refractivity contribution in [3.8, 4) is 0 Å². The molecule has 0 amide bonds. The highest BCUT2D eigenvalue weighted by molar-refractivity contribution is 7.92. The first-order chi connectivity index (χ1) is 9.83. The molecule has 0 atom stereocenters. The Morgan fingerprint density at radius 2 is 1.86 bits per heavy atom. The largest absolute Gasteiger partial charge is 0.446 e. The third-order valence-corrected chi connectivity index (χ3v) is 4.31. The molecule has 0 aliphatic carbocycles. The van der Waals surface area contributed by atoms with Crippen molar-refractivity contribution in [1.82, 2.24) is 5.32 Å². The van der Waals surface area contributed by atoms with E-state index >= 15 is 0 Å². The fraction of sp³-hybridized carbons (Fsp3) is 0.167. The molecule has 0 spiro atoms. The van der Waals surface area contributed by atoms with Gasteiger partial charge in [-0.05, 0) is 31.3 Å². The van der Waals surface area contributed by atoms with Crippen LogP contribution >= 0.6 is 23.2 Å². The summed E-state index contributed by atoms with van der Waals surface area (Å²) >= 11 is 11.6. The molecule has 5 nitrogen and oxygen atoms in total. The van der Waals surface area contributed by atoms with Gasteiger partial charge in [0.1, 0.15) is 11.6 Å². The third kappa shape index (κ3) is 3.68. The predicted octanol–water partition coefficient (Wildman–Crippen LogP) is 3.25. The quantitative estimate of drug-likeness (QED) is 0.866. The lowest BCUT2D eigenvalue weighted by Gasteiger charge is -2.09. The van der Waals surface area contributed by atoms with Gasteiger partial charge in [-0.1, -0.05) is 23.2 Å². The molecule has 114 valence electrons. The highest BCUT2D eigenvalue weighted by atomic mass is 35.5. The number of anilines is 1. The molecule has 21 heavy (non-hydrogen) atoms. The number of benzene rings is 1. The normalized spacial score (nSPS) is 11.6. The molecule has 1 heterocycles. The van der Waals surface area contributed by atoms with Gasteiger partial charge in [-0.3, -0.25) is 4.72 Å². The number of rotatable bonds is 5. The molecular formula is C12H11Cl2FN2O3S. The van der Waals surface area contributed by atoms with Crippen LogP contribution in [0.3, 0.4) is 0 Å². The van der Waals surface area contributed by atoms with Crippen molar-refractivity contribution >= 4 is 38.9 Å². The molecule has 0 fully saturated rings. The van der Waals surface area contributed by atoms with Crippen molar-refractivity contribution in [2.24, 2.45) is 0 Å². The van der Waals surface area contributed by atoms with Gasteiger partial charge in [-0.15, -0.1) is 0 Å². The molecule has 2 N–H and O–H groups in total. The third-order valence-electron chi connectivity index (χ3n) is 2.50. The van der Waals surface area contributed by atoms with Gasteiger partial charge in [-0.2, -0.15) is 8.42 Å². The first kappa shape index (κ1) is 16.1. The van der Waals surface area contributed by atoms with Crippen LogP contribution in [0, 0.1) is 5.82 Å². The van der Waals surface area contributed by atoms with Gasteiger partial charge in [0.2, 0.25) is 5.09 Å². The predicted molar refractivity (Wildman–Crippen MR) is 78.7 cm³/mol. The van der Waals surface area contributed by atoms with Crippen LogP contribution in [0.2, 0.25) is 10.0 Å². The van der Waals surface area contributed by atoms with Gasteiger partial charge >= 0.3 is 0 Å². The molecule has 2 rings (SSSR count). The monoisotopic (exact) mass is 352 g/mol. The average Bonchev–Trinajstić information content (AvgIpc) is 2.84. The van der Waals surface area contributed by atoms with Crippen molar-refractivity contribution in [2.75, 3.05) is 11.8 Å². The molecule has 0 unspecified atom stereocenters. The van der Waals surface area contributed by atoms with E-state index in [9.17, 15) is 12.8 Å². The molecule has 0 bridgehead atoms. The molecule has 0 radical (unpaired) electrons. The first-order valence-corrected chi connectivity index (χ1v) is 7.98. The summed E-state index contributed by atoms with van der Waals surface area (Å²) in [6.07, 6.45) is 0. The van der Waals surface area contributed by atoms with Crippen LogP contribution in [0.25, 0.3) is 0 Å². The van der Waals surface area contributed by atoms with Crippen LogP contribution in [0.15, 0.2) is 33.8 Å². The van der Waals surface area contributed by atoms with Gasteiger partial charge in [0.15, 0.2) is 0 Å².